The van der Waals surface area contributed by atoms with Crippen molar-refractivity contribution in [3.05, 3.63) is 0 Å². The minimum Gasteiger partial charge on any atom is -0.378 e. The summed E-state index contributed by atoms with van der Waals surface area (Å²) in [6.07, 6.45) is 3.81. The molecule has 0 N–H and O–H groups in total. The van der Waals surface area contributed by atoms with Crippen molar-refractivity contribution < 1.29 is 4.74 Å². The Morgan fingerprint density at radius 2 is 2.10 bits per heavy atom. The van der Waals surface area contributed by atoms with E-state index in [2.05, 4.69) is 6.07 Å². The van der Waals surface area contributed by atoms with E-state index in [0.29, 0.717) is 19.1 Å². The number of hydrogen-bond donors (Lipinski definition) is 0. The van der Waals surface area contributed by atoms with Crippen LogP contribution in [0.4, 0.5) is 0 Å². The van der Waals surface area contributed by atoms with Crippen LogP contribution in [-0.4, -0.2) is 13.2 Å². The molecule has 1 saturated heterocycles. The van der Waals surface area contributed by atoms with Crippen molar-refractivity contribution in [1.29, 1.82) is 5.26 Å². The highest BCUT2D eigenvalue weighted by molar-refractivity contribution is 5.09. The van der Waals surface area contributed by atoms with E-state index in [1.165, 1.54) is 19.3 Å². The smallest absolute Gasteiger partial charge is 0.107 e. The summed E-state index contributed by atoms with van der Waals surface area (Å²) in [6.45, 7) is 1.38. The summed E-state index contributed by atoms with van der Waals surface area (Å²) >= 11 is 0. The van der Waals surface area contributed by atoms with E-state index in [-0.39, 0.29) is 5.41 Å². The van der Waals surface area contributed by atoms with E-state index in [0.717, 1.165) is 0 Å². The molecule has 0 atom stereocenters. The molecule has 1 aliphatic heterocycles. The van der Waals surface area contributed by atoms with Crippen molar-refractivity contribution in [3.8, 4) is 6.07 Å². The fraction of sp³-hybridized carbons (Fsp3) is 0.875. The van der Waals surface area contributed by atoms with Gasteiger partial charge in [-0.1, -0.05) is 6.42 Å². The maximum atomic E-state index is 8.84. The van der Waals surface area contributed by atoms with E-state index in [9.17, 15) is 0 Å². The fourth-order valence-electron chi connectivity index (χ4n) is 1.67. The zero-order valence-corrected chi connectivity index (χ0v) is 5.97. The van der Waals surface area contributed by atoms with Crippen LogP contribution >= 0.6 is 0 Å². The number of hydrogen-bond acceptors (Lipinski definition) is 2. The highest BCUT2D eigenvalue weighted by Gasteiger charge is 2.48. The van der Waals surface area contributed by atoms with Gasteiger partial charge in [0.2, 0.25) is 0 Å². The predicted octanol–water partition coefficient (Wildman–Crippen LogP) is 1.33. The lowest BCUT2D eigenvalue weighted by molar-refractivity contribution is -0.125. The molecule has 0 amide bonds. The van der Waals surface area contributed by atoms with Crippen molar-refractivity contribution in [1.82, 2.24) is 0 Å². The lowest BCUT2D eigenvalue weighted by Crippen LogP contribution is -2.49. The second-order valence-corrected chi connectivity index (χ2v) is 3.39. The number of ether oxygens (including phenoxy) is 1. The minimum atomic E-state index is -0.0573. The molecule has 0 aromatic rings. The van der Waals surface area contributed by atoms with Crippen LogP contribution in [0, 0.1) is 22.7 Å². The molecule has 0 bridgehead atoms. The Kier molecular flexibility index (Phi) is 1.21. The molecule has 2 rings (SSSR count). The molecule has 2 aliphatic rings. The maximum absolute atomic E-state index is 8.84. The van der Waals surface area contributed by atoms with Gasteiger partial charge in [-0.05, 0) is 18.8 Å². The summed E-state index contributed by atoms with van der Waals surface area (Å²) in [5.41, 5.74) is -0.0573. The SMILES string of the molecule is N#CC1(C2CCC2)COC1. The summed E-state index contributed by atoms with van der Waals surface area (Å²) in [7, 11) is 0. The molecule has 0 spiro atoms. The summed E-state index contributed by atoms with van der Waals surface area (Å²) in [5, 5.41) is 8.84. The zero-order chi connectivity index (χ0) is 7.03. The van der Waals surface area contributed by atoms with Gasteiger partial charge >= 0.3 is 0 Å². The molecule has 54 valence electrons. The van der Waals surface area contributed by atoms with Gasteiger partial charge in [-0.3, -0.25) is 0 Å². The van der Waals surface area contributed by atoms with Crippen molar-refractivity contribution >= 4 is 0 Å². The third-order valence-electron chi connectivity index (χ3n) is 2.83. The van der Waals surface area contributed by atoms with Gasteiger partial charge in [-0.2, -0.15) is 5.26 Å². The fourth-order valence-corrected chi connectivity index (χ4v) is 1.67. The number of nitriles is 1. The van der Waals surface area contributed by atoms with Crippen molar-refractivity contribution in [2.24, 2.45) is 11.3 Å². The van der Waals surface area contributed by atoms with Crippen molar-refractivity contribution in [2.75, 3.05) is 13.2 Å². The summed E-state index contributed by atoms with van der Waals surface area (Å²) < 4.78 is 5.06. The Balaban J connectivity index is 2.05. The standard InChI is InChI=1S/C8H11NO/c9-4-8(5-10-6-8)7-2-1-3-7/h7H,1-3,5-6H2. The topological polar surface area (TPSA) is 33.0 Å². The molecule has 1 aliphatic carbocycles. The van der Waals surface area contributed by atoms with Crippen LogP contribution in [0.2, 0.25) is 0 Å². The molecule has 2 heteroatoms. The molecular formula is C8H11NO. The first kappa shape index (κ1) is 6.18. The highest BCUT2D eigenvalue weighted by Crippen LogP contribution is 2.46. The van der Waals surface area contributed by atoms with Gasteiger partial charge in [-0.25, -0.2) is 0 Å². The molecular weight excluding hydrogens is 126 g/mol. The normalized spacial score (nSPS) is 29.9. The van der Waals surface area contributed by atoms with Gasteiger partial charge in [0.05, 0.1) is 19.3 Å². The summed E-state index contributed by atoms with van der Waals surface area (Å²) in [6, 6.07) is 2.39. The van der Waals surface area contributed by atoms with Crippen LogP contribution in [0.5, 0.6) is 0 Å². The third kappa shape index (κ3) is 0.615. The average Bonchev–Trinajstić information content (AvgIpc) is 1.73. The molecule has 0 radical (unpaired) electrons. The number of rotatable bonds is 1. The van der Waals surface area contributed by atoms with Crippen molar-refractivity contribution in [3.63, 3.8) is 0 Å². The Morgan fingerprint density at radius 3 is 2.20 bits per heavy atom. The molecule has 2 fully saturated rings. The van der Waals surface area contributed by atoms with Gasteiger partial charge in [0.25, 0.3) is 0 Å². The van der Waals surface area contributed by atoms with Crippen LogP contribution in [0.25, 0.3) is 0 Å². The van der Waals surface area contributed by atoms with Gasteiger partial charge in [0.1, 0.15) is 5.41 Å². The molecule has 2 nitrogen and oxygen atoms in total. The summed E-state index contributed by atoms with van der Waals surface area (Å²) in [5.74, 6) is 0.659. The van der Waals surface area contributed by atoms with Gasteiger partial charge < -0.3 is 4.74 Å². The average molecular weight is 137 g/mol. The zero-order valence-electron chi connectivity index (χ0n) is 5.97. The quantitative estimate of drug-likeness (QED) is 0.546. The van der Waals surface area contributed by atoms with E-state index in [1.807, 2.05) is 0 Å². The third-order valence-corrected chi connectivity index (χ3v) is 2.83. The Morgan fingerprint density at radius 1 is 1.40 bits per heavy atom. The maximum Gasteiger partial charge on any atom is 0.107 e. The molecule has 0 unspecified atom stereocenters. The predicted molar refractivity (Wildman–Crippen MR) is 36.2 cm³/mol. The lowest BCUT2D eigenvalue weighted by Gasteiger charge is -2.45. The van der Waals surface area contributed by atoms with Gasteiger partial charge in [-0.15, -0.1) is 0 Å². The molecule has 1 saturated carbocycles. The van der Waals surface area contributed by atoms with Crippen LogP contribution in [0.15, 0.2) is 0 Å². The Labute approximate surface area is 60.8 Å². The van der Waals surface area contributed by atoms with E-state index in [1.54, 1.807) is 0 Å². The second kappa shape index (κ2) is 1.96. The van der Waals surface area contributed by atoms with Crippen LogP contribution < -0.4 is 0 Å². The largest absolute Gasteiger partial charge is 0.378 e. The first-order chi connectivity index (χ1) is 4.87. The Bertz CT molecular complexity index is 174. The van der Waals surface area contributed by atoms with Crippen molar-refractivity contribution in [2.45, 2.75) is 19.3 Å². The van der Waals surface area contributed by atoms with E-state index in [4.69, 9.17) is 10.00 Å². The van der Waals surface area contributed by atoms with Gasteiger partial charge in [0.15, 0.2) is 0 Å². The van der Waals surface area contributed by atoms with Gasteiger partial charge in [0, 0.05) is 0 Å². The minimum absolute atomic E-state index is 0.0573. The van der Waals surface area contributed by atoms with E-state index >= 15 is 0 Å². The molecule has 0 aromatic carbocycles. The van der Waals surface area contributed by atoms with Crippen LogP contribution in [-0.2, 0) is 4.74 Å². The Hall–Kier alpha value is -0.550. The number of nitrogens with zero attached hydrogens (tertiary/aromatic N) is 1. The molecule has 10 heavy (non-hydrogen) atoms. The second-order valence-electron chi connectivity index (χ2n) is 3.39. The first-order valence-electron chi connectivity index (χ1n) is 3.86. The molecule has 1 heterocycles. The lowest BCUT2D eigenvalue weighted by atomic mass is 9.65. The monoisotopic (exact) mass is 137 g/mol. The van der Waals surface area contributed by atoms with Crippen LogP contribution in [0.3, 0.4) is 0 Å². The van der Waals surface area contributed by atoms with E-state index < -0.39 is 0 Å². The summed E-state index contributed by atoms with van der Waals surface area (Å²) in [4.78, 5) is 0. The first-order valence-corrected chi connectivity index (χ1v) is 3.86. The molecule has 0 aromatic heterocycles. The highest BCUT2D eigenvalue weighted by atomic mass is 16.5. The van der Waals surface area contributed by atoms with Crippen LogP contribution in [0.1, 0.15) is 19.3 Å².